The van der Waals surface area contributed by atoms with Crippen molar-refractivity contribution in [1.29, 1.82) is 0 Å². The Morgan fingerprint density at radius 2 is 2.05 bits per heavy atom. The molecular weight excluding hydrogens is 268 g/mol. The van der Waals surface area contributed by atoms with Gasteiger partial charge in [-0.15, -0.1) is 0 Å². The van der Waals surface area contributed by atoms with Crippen molar-refractivity contribution in [3.05, 3.63) is 24.3 Å². The summed E-state index contributed by atoms with van der Waals surface area (Å²) in [6.07, 6.45) is 0.656. The highest BCUT2D eigenvalue weighted by Gasteiger charge is 2.29. The first-order chi connectivity index (χ1) is 9.89. The number of nitrogens with zero attached hydrogens (tertiary/aromatic N) is 1. The quantitative estimate of drug-likeness (QED) is 0.930. The monoisotopic (exact) mass is 292 g/mol. The van der Waals surface area contributed by atoms with Crippen molar-refractivity contribution in [1.82, 2.24) is 4.90 Å². The number of nitrogens with one attached hydrogen (secondary N) is 1. The number of para-hydroxylation sites is 2. The van der Waals surface area contributed by atoms with Crippen molar-refractivity contribution in [2.24, 2.45) is 0 Å². The number of hydrogen-bond donors (Lipinski definition) is 1. The lowest BCUT2D eigenvalue weighted by atomic mass is 10.2. The number of methoxy groups -OCH3 is 1. The zero-order valence-electron chi connectivity index (χ0n) is 13.2. The van der Waals surface area contributed by atoms with E-state index >= 15 is 0 Å². The summed E-state index contributed by atoms with van der Waals surface area (Å²) in [6.45, 7) is 7.00. The molecule has 1 fully saturated rings. The summed E-state index contributed by atoms with van der Waals surface area (Å²) in [5, 5.41) is 3.43. The molecule has 1 saturated heterocycles. The van der Waals surface area contributed by atoms with Gasteiger partial charge >= 0.3 is 6.09 Å². The first-order valence-electron chi connectivity index (χ1n) is 7.26. The van der Waals surface area contributed by atoms with Gasteiger partial charge in [0.15, 0.2) is 0 Å². The Hall–Kier alpha value is -1.91. The van der Waals surface area contributed by atoms with Crippen LogP contribution in [-0.2, 0) is 4.74 Å². The first kappa shape index (κ1) is 15.5. The number of ether oxygens (including phenoxy) is 2. The molecule has 0 spiro atoms. The molecule has 1 unspecified atom stereocenters. The lowest BCUT2D eigenvalue weighted by molar-refractivity contribution is 0.0293. The maximum atomic E-state index is 12.0. The van der Waals surface area contributed by atoms with Crippen LogP contribution in [-0.4, -0.2) is 42.8 Å². The Kier molecular flexibility index (Phi) is 4.60. The van der Waals surface area contributed by atoms with Crippen molar-refractivity contribution in [2.75, 3.05) is 25.5 Å². The van der Waals surface area contributed by atoms with E-state index in [0.29, 0.717) is 13.1 Å². The molecule has 1 amide bonds. The summed E-state index contributed by atoms with van der Waals surface area (Å²) in [6, 6.07) is 8.02. The molecule has 0 aliphatic carbocycles. The van der Waals surface area contributed by atoms with Gasteiger partial charge in [-0.1, -0.05) is 12.1 Å². The molecule has 21 heavy (non-hydrogen) atoms. The van der Waals surface area contributed by atoms with Crippen molar-refractivity contribution >= 4 is 11.8 Å². The fraction of sp³-hybridized carbons (Fsp3) is 0.562. The average molecular weight is 292 g/mol. The van der Waals surface area contributed by atoms with E-state index in [0.717, 1.165) is 17.9 Å². The molecule has 5 nitrogen and oxygen atoms in total. The molecule has 0 saturated carbocycles. The largest absolute Gasteiger partial charge is 0.495 e. The number of hydrogen-bond acceptors (Lipinski definition) is 4. The average Bonchev–Trinajstić information content (AvgIpc) is 2.86. The molecule has 5 heteroatoms. The number of rotatable bonds is 3. The fourth-order valence-corrected chi connectivity index (χ4v) is 2.35. The van der Waals surface area contributed by atoms with Gasteiger partial charge in [0, 0.05) is 19.1 Å². The smallest absolute Gasteiger partial charge is 0.410 e. The minimum atomic E-state index is -0.453. The van der Waals surface area contributed by atoms with Crippen LogP contribution in [0.25, 0.3) is 0 Å². The molecule has 2 rings (SSSR count). The summed E-state index contributed by atoms with van der Waals surface area (Å²) < 4.78 is 10.7. The van der Waals surface area contributed by atoms with Gasteiger partial charge in [0.25, 0.3) is 0 Å². The Labute approximate surface area is 126 Å². The Morgan fingerprint density at radius 1 is 1.33 bits per heavy atom. The van der Waals surface area contributed by atoms with Gasteiger partial charge < -0.3 is 19.7 Å². The van der Waals surface area contributed by atoms with Crippen LogP contribution in [0.4, 0.5) is 10.5 Å². The summed E-state index contributed by atoms with van der Waals surface area (Å²) in [7, 11) is 1.65. The van der Waals surface area contributed by atoms with E-state index in [1.165, 1.54) is 0 Å². The third kappa shape index (κ3) is 4.28. The number of amides is 1. The van der Waals surface area contributed by atoms with Crippen LogP contribution in [0.3, 0.4) is 0 Å². The minimum Gasteiger partial charge on any atom is -0.495 e. The number of carbonyl (C=O) groups excluding carboxylic acids is 1. The van der Waals surface area contributed by atoms with Crippen molar-refractivity contribution in [3.63, 3.8) is 0 Å². The van der Waals surface area contributed by atoms with Crippen LogP contribution in [0.5, 0.6) is 5.75 Å². The van der Waals surface area contributed by atoms with Gasteiger partial charge in [-0.05, 0) is 39.3 Å². The molecule has 116 valence electrons. The Morgan fingerprint density at radius 3 is 2.71 bits per heavy atom. The molecule has 1 heterocycles. The highest BCUT2D eigenvalue weighted by atomic mass is 16.6. The number of carbonyl (C=O) groups is 1. The van der Waals surface area contributed by atoms with Gasteiger partial charge in [0.1, 0.15) is 11.4 Å². The van der Waals surface area contributed by atoms with Crippen LogP contribution in [0.1, 0.15) is 27.2 Å². The highest BCUT2D eigenvalue weighted by Crippen LogP contribution is 2.26. The van der Waals surface area contributed by atoms with Crippen LogP contribution >= 0.6 is 0 Å². The Balaban J connectivity index is 1.92. The fourth-order valence-electron chi connectivity index (χ4n) is 2.35. The predicted molar refractivity (Wildman–Crippen MR) is 82.8 cm³/mol. The normalized spacial score (nSPS) is 18.5. The SMILES string of the molecule is COc1ccccc1NC1CCN(C(=O)OC(C)(C)C)C1. The number of likely N-dealkylation sites (tertiary alicyclic amines) is 1. The molecule has 1 aromatic carbocycles. The summed E-state index contributed by atoms with van der Waals surface area (Å²) in [4.78, 5) is 13.8. The molecule has 1 aromatic rings. The zero-order valence-corrected chi connectivity index (χ0v) is 13.2. The third-order valence-corrected chi connectivity index (χ3v) is 3.31. The van der Waals surface area contributed by atoms with E-state index in [1.54, 1.807) is 12.0 Å². The molecule has 0 aromatic heterocycles. The Bertz CT molecular complexity index is 497. The standard InChI is InChI=1S/C16H24N2O3/c1-16(2,3)21-15(19)18-10-9-12(11-18)17-13-7-5-6-8-14(13)20-4/h5-8,12,17H,9-11H2,1-4H3. The second-order valence-corrected chi connectivity index (χ2v) is 6.26. The van der Waals surface area contributed by atoms with Gasteiger partial charge in [0.05, 0.1) is 12.8 Å². The molecule has 0 bridgehead atoms. The van der Waals surface area contributed by atoms with Crippen molar-refractivity contribution < 1.29 is 14.3 Å². The zero-order chi connectivity index (χ0) is 15.5. The van der Waals surface area contributed by atoms with E-state index in [4.69, 9.17) is 9.47 Å². The molecular formula is C16H24N2O3. The second kappa shape index (κ2) is 6.24. The topological polar surface area (TPSA) is 50.8 Å². The van der Waals surface area contributed by atoms with Crippen LogP contribution < -0.4 is 10.1 Å². The van der Waals surface area contributed by atoms with E-state index in [-0.39, 0.29) is 12.1 Å². The second-order valence-electron chi connectivity index (χ2n) is 6.26. The van der Waals surface area contributed by atoms with Crippen molar-refractivity contribution in [2.45, 2.75) is 38.8 Å². The maximum Gasteiger partial charge on any atom is 0.410 e. The van der Waals surface area contributed by atoms with Crippen LogP contribution in [0, 0.1) is 0 Å². The van der Waals surface area contributed by atoms with Crippen LogP contribution in [0.2, 0.25) is 0 Å². The lowest BCUT2D eigenvalue weighted by Crippen LogP contribution is -2.36. The predicted octanol–water partition coefficient (Wildman–Crippen LogP) is 3.12. The summed E-state index contributed by atoms with van der Waals surface area (Å²) in [5.74, 6) is 0.813. The van der Waals surface area contributed by atoms with E-state index in [2.05, 4.69) is 5.32 Å². The molecule has 1 aliphatic rings. The van der Waals surface area contributed by atoms with E-state index in [1.807, 2.05) is 45.0 Å². The van der Waals surface area contributed by atoms with Gasteiger partial charge in [-0.3, -0.25) is 0 Å². The molecule has 0 radical (unpaired) electrons. The number of benzene rings is 1. The van der Waals surface area contributed by atoms with E-state index in [9.17, 15) is 4.79 Å². The van der Waals surface area contributed by atoms with Gasteiger partial charge in [-0.2, -0.15) is 0 Å². The number of anilines is 1. The first-order valence-corrected chi connectivity index (χ1v) is 7.26. The van der Waals surface area contributed by atoms with Gasteiger partial charge in [-0.25, -0.2) is 4.79 Å². The van der Waals surface area contributed by atoms with Crippen LogP contribution in [0.15, 0.2) is 24.3 Å². The molecule has 1 aliphatic heterocycles. The molecule has 1 atom stereocenters. The lowest BCUT2D eigenvalue weighted by Gasteiger charge is -2.24. The highest BCUT2D eigenvalue weighted by molar-refractivity contribution is 5.69. The summed E-state index contributed by atoms with van der Waals surface area (Å²) in [5.41, 5.74) is 0.502. The van der Waals surface area contributed by atoms with Gasteiger partial charge in [0.2, 0.25) is 0 Å². The maximum absolute atomic E-state index is 12.0. The third-order valence-electron chi connectivity index (χ3n) is 3.31. The molecule has 1 N–H and O–H groups in total. The van der Waals surface area contributed by atoms with Crippen molar-refractivity contribution in [3.8, 4) is 5.75 Å². The summed E-state index contributed by atoms with van der Waals surface area (Å²) >= 11 is 0. The minimum absolute atomic E-state index is 0.216. The van der Waals surface area contributed by atoms with E-state index < -0.39 is 5.60 Å².